The van der Waals surface area contributed by atoms with E-state index in [0.717, 1.165) is 155 Å². The quantitative estimate of drug-likeness (QED) is 0.0411. The van der Waals surface area contributed by atoms with Crippen molar-refractivity contribution in [3.63, 3.8) is 0 Å². The first-order valence-electron chi connectivity index (χ1n) is 38.4. The number of nitrogens with one attached hydrogen (secondary N) is 1. The molecule has 1 saturated heterocycles. The van der Waals surface area contributed by atoms with Crippen LogP contribution in [0.5, 0.6) is 23.0 Å². The molecule has 0 radical (unpaired) electrons. The molecule has 0 amide bonds. The summed E-state index contributed by atoms with van der Waals surface area (Å²) in [6, 6.07) is 22.1. The molecular weight excluding hydrogens is 1270 g/mol. The summed E-state index contributed by atoms with van der Waals surface area (Å²) in [5.74, 6) is 13.6. The van der Waals surface area contributed by atoms with Crippen LogP contribution in [-0.2, 0) is 39.5 Å². The third-order valence-corrected chi connectivity index (χ3v) is 34.6. The van der Waals surface area contributed by atoms with Gasteiger partial charge in [0.05, 0.1) is 37.9 Å². The van der Waals surface area contributed by atoms with Crippen LogP contribution in [0.3, 0.4) is 0 Å². The van der Waals surface area contributed by atoms with Crippen LogP contribution in [0.4, 0.5) is 0 Å². The summed E-state index contributed by atoms with van der Waals surface area (Å²) in [5, 5.41) is 97.2. The topological polar surface area (TPSA) is 180 Å². The minimum atomic E-state index is -1.34. The van der Waals surface area contributed by atoms with E-state index in [-0.39, 0.29) is 87.6 Å². The zero-order chi connectivity index (χ0) is 66.6. The summed E-state index contributed by atoms with van der Waals surface area (Å²) in [6.45, 7) is -0.401. The highest BCUT2D eigenvalue weighted by atomic mass is 33.1. The number of carbonyl (C=O) groups is 1. The number of phenolic OH excluding ortho intramolecular Hbond substituents is 3. The zero-order valence-electron chi connectivity index (χ0n) is 56.9. The molecule has 4 aromatic carbocycles. The van der Waals surface area contributed by atoms with Crippen LogP contribution in [0, 0.1) is 93.2 Å². The van der Waals surface area contributed by atoms with Crippen molar-refractivity contribution in [2.75, 3.05) is 18.6 Å². The Morgan fingerprint density at radius 3 is 2.42 bits per heavy atom. The van der Waals surface area contributed by atoms with Crippen LogP contribution < -0.4 is 10.1 Å². The largest absolute Gasteiger partial charge is 0.504 e. The number of allylic oxidation sites excluding steroid dienone is 5. The fraction of sp³-hybridized carbons (Fsp3) is 0.575. The lowest BCUT2D eigenvalue weighted by molar-refractivity contribution is -0.188. The average molecular weight is 1360 g/mol. The van der Waals surface area contributed by atoms with E-state index in [0.29, 0.717) is 30.4 Å². The van der Waals surface area contributed by atoms with Crippen molar-refractivity contribution in [1.82, 2.24) is 5.32 Å². The predicted octanol–water partition coefficient (Wildman–Crippen LogP) is 14.2. The number of ether oxygens (including phenoxy) is 1. The third-order valence-electron chi connectivity index (χ3n) is 32.2. The fourth-order valence-electron chi connectivity index (χ4n) is 29.0. The second kappa shape index (κ2) is 21.5. The van der Waals surface area contributed by atoms with Gasteiger partial charge >= 0.3 is 0 Å². The van der Waals surface area contributed by atoms with Crippen molar-refractivity contribution in [3.05, 3.63) is 163 Å². The number of ketones is 1. The number of aliphatic hydroxyl groups excluding tert-OH is 4. The molecule has 4 aromatic rings. The minimum Gasteiger partial charge on any atom is -0.504 e. The lowest BCUT2D eigenvalue weighted by atomic mass is 9.27. The molecule has 7 fully saturated rings. The number of rotatable bonds is 5. The monoisotopic (exact) mass is 1360 g/mol. The van der Waals surface area contributed by atoms with E-state index >= 15 is 9.90 Å². The molecular formula is C87H93NO9S2. The SMILES string of the molecule is COc1cc([C@H]2CC(=O)[C@@H]3[C@H](O)[C@@H]4[C@H](C#C[C@H]2Cc2ccccc2)[C@@H]2CC#C[C@]56C=C[C@@H]3c3cc7cc(c35)[C@]3(CCCC35CCCC5)[C@H](CSSCC3=C5C=C([C@@H](O)C[C@@H]5C5=C[C@H]8CCC[C@@]89C[C@@]58[C@@H]3C[C@@H](N2)[C@@]42c3cc(O)c(O)cc3[C@H]9C[C@H]82)C72CCCCC2)[C@H]6O)c(CO)cc1O. The normalized spacial score (nSPS) is 43.1. The van der Waals surface area contributed by atoms with E-state index in [1.165, 1.54) is 40.5 Å². The molecule has 99 heavy (non-hydrogen) atoms. The third kappa shape index (κ3) is 7.62. The Bertz CT molecular complexity index is 4450. The standard InChI is InChI=1S/C87H93NO9S2/c1-97-73-38-54(48(42-89)30-71(73)93)53-35-72(94)76-51-19-28-83-25-11-16-67-52(18-17-47(53)29-46-13-4-2-5-14-46)78(79(76)95)87-63-39-70(92)69(91)37-58(63)60-40-74(87)85-45-84(60)26-10-15-49(84)32-61(85)56-36-68(90)64-34-55(56)59(62(85)41-75(87)88-67)43-98-99-44-66(80(83)96)86(27-12-22-81(86)20-8-9-21-81)65-33-50(31-57(51)77(65)83)82(64)23-6-3-7-24-82/h2,4-5,13-14,19,28,30-34,37-39,47,49,51-53,56,60,62,66-68,74-76,78-80,88-93,95-96H,3,6-10,12,15-16,20-24,26-27,29,35-36,40-45H2,1H3/t47-,49+,51+,52+,53-,56-,60+,62+,66+,67-,68-,74+,75+,76+,78-,79-,80+,83-,84+,85-,86+,87-/m0/s1. The number of benzene rings is 4. The van der Waals surface area contributed by atoms with Crippen molar-refractivity contribution in [3.8, 4) is 46.7 Å². The van der Waals surface area contributed by atoms with E-state index in [9.17, 15) is 30.6 Å². The molecule has 10 nitrogen and oxygen atoms in total. The van der Waals surface area contributed by atoms with Crippen LogP contribution in [-0.4, -0.2) is 90.5 Å². The number of carbonyl (C=O) groups excluding carboxylic acids is 1. The lowest BCUT2D eigenvalue weighted by Crippen LogP contribution is -2.79. The van der Waals surface area contributed by atoms with Gasteiger partial charge in [-0.3, -0.25) is 4.79 Å². The smallest absolute Gasteiger partial charge is 0.160 e. The number of aromatic hydroxyl groups is 3. The van der Waals surface area contributed by atoms with Gasteiger partial charge in [0, 0.05) is 99.5 Å². The molecule has 15 bridgehead atoms. The van der Waals surface area contributed by atoms with Crippen molar-refractivity contribution in [2.24, 2.45) is 69.5 Å². The summed E-state index contributed by atoms with van der Waals surface area (Å²) in [4.78, 5) is 18.1. The van der Waals surface area contributed by atoms with E-state index in [1.54, 1.807) is 6.07 Å². The summed E-state index contributed by atoms with van der Waals surface area (Å²) in [7, 11) is 5.57. The highest BCUT2D eigenvalue weighted by Gasteiger charge is 2.80. The molecule has 6 saturated carbocycles. The molecule has 0 aromatic heterocycles. The van der Waals surface area contributed by atoms with Gasteiger partial charge in [0.2, 0.25) is 0 Å². The summed E-state index contributed by atoms with van der Waals surface area (Å²) < 4.78 is 5.94. The van der Waals surface area contributed by atoms with Gasteiger partial charge in [-0.2, -0.15) is 0 Å². The zero-order valence-corrected chi connectivity index (χ0v) is 58.5. The van der Waals surface area contributed by atoms with E-state index in [4.69, 9.17) is 4.74 Å². The fourth-order valence-corrected chi connectivity index (χ4v) is 31.7. The predicted molar refractivity (Wildman–Crippen MR) is 384 cm³/mol. The molecule has 12 heteroatoms. The van der Waals surface area contributed by atoms with Gasteiger partial charge in [0.25, 0.3) is 0 Å². The molecule has 512 valence electrons. The second-order valence-corrected chi connectivity index (χ2v) is 37.4. The summed E-state index contributed by atoms with van der Waals surface area (Å²) >= 11 is 0. The highest BCUT2D eigenvalue weighted by Crippen LogP contribution is 2.84. The van der Waals surface area contributed by atoms with E-state index < -0.39 is 93.5 Å². The Hall–Kier alpha value is -5.67. The van der Waals surface area contributed by atoms with E-state index in [1.807, 2.05) is 45.9 Å². The minimum absolute atomic E-state index is 0.0332. The first-order valence-corrected chi connectivity index (χ1v) is 40.9. The maximum atomic E-state index is 18.1. The molecule has 8 N–H and O–H groups in total. The number of aliphatic hydroxyl groups is 4. The van der Waals surface area contributed by atoms with Crippen LogP contribution in [0.2, 0.25) is 0 Å². The number of hydrogen-bond acceptors (Lipinski definition) is 12. The molecule has 2 heterocycles. The van der Waals surface area contributed by atoms with Crippen molar-refractivity contribution >= 4 is 27.4 Å². The van der Waals surface area contributed by atoms with Gasteiger partial charge in [-0.05, 0) is 203 Å². The first kappa shape index (κ1) is 61.9. The number of fused-ring (bicyclic) bond motifs is 9. The molecule has 7 spiro atoms. The van der Waals surface area contributed by atoms with Crippen molar-refractivity contribution < 1.29 is 45.3 Å². The van der Waals surface area contributed by atoms with Crippen molar-refractivity contribution in [1.29, 1.82) is 0 Å². The molecule has 21 rings (SSSR count). The number of phenols is 3. The van der Waals surface area contributed by atoms with Gasteiger partial charge in [-0.25, -0.2) is 0 Å². The van der Waals surface area contributed by atoms with Crippen LogP contribution in [0.1, 0.15) is 203 Å². The number of hydrogen-bond donors (Lipinski definition) is 8. The molecule has 2 aliphatic heterocycles. The maximum absolute atomic E-state index is 18.1. The van der Waals surface area contributed by atoms with Gasteiger partial charge in [-0.1, -0.05) is 162 Å². The maximum Gasteiger partial charge on any atom is 0.160 e. The van der Waals surface area contributed by atoms with Crippen LogP contribution in [0.25, 0.3) is 0 Å². The van der Waals surface area contributed by atoms with Gasteiger partial charge in [0.15, 0.2) is 23.0 Å². The van der Waals surface area contributed by atoms with Crippen LogP contribution >= 0.6 is 21.6 Å². The Balaban J connectivity index is 0.949. The molecule has 0 unspecified atom stereocenters. The van der Waals surface area contributed by atoms with Gasteiger partial charge in [0.1, 0.15) is 11.2 Å². The van der Waals surface area contributed by atoms with Gasteiger partial charge < -0.3 is 45.8 Å². The Morgan fingerprint density at radius 2 is 1.60 bits per heavy atom. The number of methoxy groups -OCH3 is 1. The Morgan fingerprint density at radius 1 is 0.778 bits per heavy atom. The molecule has 22 atom stereocenters. The second-order valence-electron chi connectivity index (χ2n) is 34.9. The van der Waals surface area contributed by atoms with E-state index in [2.05, 4.69) is 89.7 Å². The molecule has 15 aliphatic carbocycles. The van der Waals surface area contributed by atoms with Crippen molar-refractivity contribution in [2.45, 2.75) is 218 Å². The molecule has 17 aliphatic rings. The summed E-state index contributed by atoms with van der Waals surface area (Å²) in [5.41, 5.74) is 10.7. The van der Waals surface area contributed by atoms with Crippen LogP contribution in [0.15, 0.2) is 113 Å². The first-order chi connectivity index (χ1) is 48.2. The highest BCUT2D eigenvalue weighted by molar-refractivity contribution is 8.76. The summed E-state index contributed by atoms with van der Waals surface area (Å²) in [6.07, 6.45) is 26.8. The number of piperidine rings is 1. The lowest BCUT2D eigenvalue weighted by Gasteiger charge is -2.78. The van der Waals surface area contributed by atoms with Gasteiger partial charge in [-0.15, -0.1) is 5.92 Å². The average Bonchev–Trinajstić information content (AvgIpc) is 1.33. The Kier molecular flexibility index (Phi) is 13.4. The Labute approximate surface area is 590 Å². The number of Topliss-reactive ketones (excluding diaryl/α,β-unsaturated/α-hetero) is 1.